The second-order valence-electron chi connectivity index (χ2n) is 6.30. The predicted molar refractivity (Wildman–Crippen MR) is 105 cm³/mol. The van der Waals surface area contributed by atoms with Gasteiger partial charge in [-0.3, -0.25) is 9.97 Å². The lowest BCUT2D eigenvalue weighted by Crippen LogP contribution is -2.13. The predicted octanol–water partition coefficient (Wildman–Crippen LogP) is 3.43. The van der Waals surface area contributed by atoms with Gasteiger partial charge < -0.3 is 0 Å². The van der Waals surface area contributed by atoms with Gasteiger partial charge in [-0.15, -0.1) is 0 Å². The summed E-state index contributed by atoms with van der Waals surface area (Å²) in [5.41, 5.74) is 3.54. The lowest BCUT2D eigenvalue weighted by molar-refractivity contribution is 0.587. The third-order valence-corrected chi connectivity index (χ3v) is 6.21. The maximum Gasteiger partial charge on any atom is 0.180 e. The minimum atomic E-state index is -3.29. The molecule has 0 aliphatic rings. The molecule has 136 valence electrons. The van der Waals surface area contributed by atoms with Crippen molar-refractivity contribution < 1.29 is 8.42 Å². The molecule has 3 aromatic rings. The maximum atomic E-state index is 12.2. The van der Waals surface area contributed by atoms with E-state index in [1.807, 2.05) is 19.1 Å². The van der Waals surface area contributed by atoms with Crippen LogP contribution in [-0.4, -0.2) is 28.6 Å². The molecule has 6 heteroatoms. The van der Waals surface area contributed by atoms with E-state index in [0.717, 1.165) is 16.8 Å². The Bertz CT molecular complexity index is 1110. The molecule has 0 saturated carbocycles. The topological polar surface area (TPSA) is 72.8 Å². The van der Waals surface area contributed by atoms with Gasteiger partial charge in [0.05, 0.1) is 27.7 Å². The first-order valence-corrected chi connectivity index (χ1v) is 10.0. The van der Waals surface area contributed by atoms with E-state index in [9.17, 15) is 8.42 Å². The average Bonchev–Trinajstić information content (AvgIpc) is 2.68. The van der Waals surface area contributed by atoms with Crippen LogP contribution in [0.1, 0.15) is 30.8 Å². The van der Waals surface area contributed by atoms with Crippen LogP contribution in [0.25, 0.3) is 11.3 Å². The van der Waals surface area contributed by atoms with E-state index in [0.29, 0.717) is 16.3 Å². The van der Waals surface area contributed by atoms with Crippen LogP contribution in [-0.2, 0) is 9.84 Å². The lowest BCUT2D eigenvalue weighted by atomic mass is 10.1. The number of aryl methyl sites for hydroxylation is 1. The van der Waals surface area contributed by atoms with Crippen molar-refractivity contribution in [3.63, 3.8) is 0 Å². The Morgan fingerprint density at radius 3 is 2.37 bits per heavy atom. The van der Waals surface area contributed by atoms with E-state index < -0.39 is 15.1 Å². The average molecular weight is 377 g/mol. The van der Waals surface area contributed by atoms with Crippen LogP contribution in [0, 0.1) is 18.8 Å². The van der Waals surface area contributed by atoms with E-state index in [1.54, 1.807) is 56.7 Å². The molecular weight excluding hydrogens is 358 g/mol. The van der Waals surface area contributed by atoms with Gasteiger partial charge in [0.15, 0.2) is 9.84 Å². The second-order valence-corrected chi connectivity index (χ2v) is 8.80. The Hall–Kier alpha value is -3.04. The molecule has 0 atom stereocenters. The number of pyridine rings is 1. The fourth-order valence-corrected chi connectivity index (χ4v) is 3.42. The minimum Gasteiger partial charge on any atom is -0.263 e. The first-order chi connectivity index (χ1) is 12.9. The third-order valence-electron chi connectivity index (χ3n) is 4.04. The molecule has 0 amide bonds. The van der Waals surface area contributed by atoms with Crippen molar-refractivity contribution in [2.24, 2.45) is 0 Å². The van der Waals surface area contributed by atoms with Gasteiger partial charge in [0.25, 0.3) is 0 Å². The Balaban J connectivity index is 1.94. The molecule has 0 fully saturated rings. The lowest BCUT2D eigenvalue weighted by Gasteiger charge is -2.09. The van der Waals surface area contributed by atoms with E-state index >= 15 is 0 Å². The zero-order valence-electron chi connectivity index (χ0n) is 15.3. The Morgan fingerprint density at radius 2 is 1.74 bits per heavy atom. The van der Waals surface area contributed by atoms with Crippen molar-refractivity contribution in [3.05, 3.63) is 71.9 Å². The zero-order valence-corrected chi connectivity index (χ0v) is 16.2. The van der Waals surface area contributed by atoms with E-state index in [4.69, 9.17) is 0 Å². The highest BCUT2D eigenvalue weighted by atomic mass is 32.2. The van der Waals surface area contributed by atoms with Crippen molar-refractivity contribution in [1.29, 1.82) is 0 Å². The number of hydrogen-bond acceptors (Lipinski definition) is 5. The summed E-state index contributed by atoms with van der Waals surface area (Å²) < 4.78 is 24.5. The molecule has 0 aliphatic carbocycles. The van der Waals surface area contributed by atoms with Gasteiger partial charge in [0.1, 0.15) is 5.69 Å². The van der Waals surface area contributed by atoms with Crippen molar-refractivity contribution in [2.75, 3.05) is 0 Å². The molecule has 0 aliphatic heterocycles. The zero-order chi connectivity index (χ0) is 19.4. The fourth-order valence-electron chi connectivity index (χ4n) is 2.36. The molecule has 27 heavy (non-hydrogen) atoms. The summed E-state index contributed by atoms with van der Waals surface area (Å²) in [6.07, 6.45) is 5.05. The number of hydrogen-bond donors (Lipinski definition) is 0. The highest BCUT2D eigenvalue weighted by Gasteiger charge is 2.19. The first kappa shape index (κ1) is 18.7. The molecule has 0 saturated heterocycles. The molecule has 2 heterocycles. The summed E-state index contributed by atoms with van der Waals surface area (Å²) in [7, 11) is -3.29. The van der Waals surface area contributed by atoms with Crippen LogP contribution in [0.3, 0.4) is 0 Å². The maximum absolute atomic E-state index is 12.2. The van der Waals surface area contributed by atoms with Crippen LogP contribution in [0.2, 0.25) is 0 Å². The summed E-state index contributed by atoms with van der Waals surface area (Å²) in [4.78, 5) is 13.3. The number of sulfone groups is 1. The van der Waals surface area contributed by atoms with Crippen LogP contribution in [0.5, 0.6) is 0 Å². The molecule has 0 N–H and O–H groups in total. The van der Waals surface area contributed by atoms with Crippen LogP contribution in [0.15, 0.2) is 59.9 Å². The molecule has 0 spiro atoms. The monoisotopic (exact) mass is 377 g/mol. The molecule has 3 rings (SSSR count). The van der Waals surface area contributed by atoms with Gasteiger partial charge in [0.2, 0.25) is 0 Å². The van der Waals surface area contributed by atoms with E-state index in [-0.39, 0.29) is 0 Å². The highest BCUT2D eigenvalue weighted by Crippen LogP contribution is 2.22. The van der Waals surface area contributed by atoms with Gasteiger partial charge in [0, 0.05) is 23.5 Å². The summed E-state index contributed by atoms with van der Waals surface area (Å²) in [6, 6.07) is 10.4. The smallest absolute Gasteiger partial charge is 0.180 e. The molecular formula is C21H19N3O2S. The number of rotatable bonds is 3. The summed E-state index contributed by atoms with van der Waals surface area (Å²) >= 11 is 0. The quantitative estimate of drug-likeness (QED) is 0.654. The van der Waals surface area contributed by atoms with E-state index in [2.05, 4.69) is 26.8 Å². The minimum absolute atomic E-state index is 0.304. The normalized spacial score (nSPS) is 11.1. The van der Waals surface area contributed by atoms with Crippen LogP contribution in [0.4, 0.5) is 0 Å². The molecule has 0 unspecified atom stereocenters. The number of benzene rings is 1. The Labute approximate surface area is 159 Å². The molecule has 1 aromatic carbocycles. The number of nitrogens with zero attached hydrogens (tertiary/aromatic N) is 3. The fraction of sp³-hybridized carbons (Fsp3) is 0.190. The van der Waals surface area contributed by atoms with E-state index in [1.165, 1.54) is 0 Å². The van der Waals surface area contributed by atoms with Gasteiger partial charge in [-0.25, -0.2) is 13.4 Å². The largest absolute Gasteiger partial charge is 0.263 e. The van der Waals surface area contributed by atoms with Crippen molar-refractivity contribution in [3.8, 4) is 23.1 Å². The Kier molecular flexibility index (Phi) is 5.33. The summed E-state index contributed by atoms with van der Waals surface area (Å²) in [5.74, 6) is 6.06. The molecule has 0 radical (unpaired) electrons. The second kappa shape index (κ2) is 7.68. The Morgan fingerprint density at radius 1 is 1.00 bits per heavy atom. The molecule has 5 nitrogen and oxygen atoms in total. The highest BCUT2D eigenvalue weighted by molar-refractivity contribution is 7.92. The van der Waals surface area contributed by atoms with Crippen LogP contribution < -0.4 is 0 Å². The first-order valence-electron chi connectivity index (χ1n) is 8.48. The van der Waals surface area contributed by atoms with Crippen molar-refractivity contribution in [2.45, 2.75) is 30.9 Å². The number of aromatic nitrogens is 3. The van der Waals surface area contributed by atoms with Gasteiger partial charge in [-0.2, -0.15) is 0 Å². The van der Waals surface area contributed by atoms with Gasteiger partial charge in [-0.1, -0.05) is 18.1 Å². The summed E-state index contributed by atoms with van der Waals surface area (Å²) in [5, 5.41) is -0.461. The van der Waals surface area contributed by atoms with Gasteiger partial charge in [-0.05, 0) is 51.0 Å². The SMILES string of the molecule is Cc1ncc(-c2ccc(S(=O)(=O)C(C)C)cc2)nc1C#Cc1cccnc1. The third kappa shape index (κ3) is 4.21. The molecule has 2 aromatic heterocycles. The standard InChI is InChI=1S/C21H19N3O2S/c1-15(2)27(25,26)19-9-7-18(8-10-19)21-14-23-16(3)20(24-21)11-6-17-5-4-12-22-13-17/h4-5,7-10,12-15H,1-3H3. The van der Waals surface area contributed by atoms with Gasteiger partial charge >= 0.3 is 0 Å². The van der Waals surface area contributed by atoms with Crippen molar-refractivity contribution >= 4 is 9.84 Å². The van der Waals surface area contributed by atoms with Crippen molar-refractivity contribution in [1.82, 2.24) is 15.0 Å². The van der Waals surface area contributed by atoms with Crippen LogP contribution >= 0.6 is 0 Å². The summed E-state index contributed by atoms with van der Waals surface area (Å²) in [6.45, 7) is 5.19. The molecule has 0 bridgehead atoms.